The number of ether oxygens (including phenoxy) is 3. The van der Waals surface area contributed by atoms with E-state index < -0.39 is 17.4 Å². The van der Waals surface area contributed by atoms with Crippen LogP contribution in [0.2, 0.25) is 0 Å². The van der Waals surface area contributed by atoms with Crippen LogP contribution in [0, 0.1) is 17.8 Å². The van der Waals surface area contributed by atoms with Crippen LogP contribution in [-0.4, -0.2) is 41.8 Å². The van der Waals surface area contributed by atoms with Gasteiger partial charge in [0.15, 0.2) is 17.3 Å². The molecule has 1 aromatic carbocycles. The standard InChI is InChI=1S/C37H46N2O6/c1-10-21-11-13-23(39-33(21)34(42)44-19-37(7,8)38)22-12-14-26(43-9)29(20(22)2)32-30-24(40)15-35(3,4)17-27(30)45-28-18-36(5,6)16-25(41)31(28)32/h11-14,32H,10,15-19,38H2,1-9H3. The zero-order valence-corrected chi connectivity index (χ0v) is 28.1. The number of allylic oxidation sites excluding steroid dienone is 4. The van der Waals surface area contributed by atoms with E-state index in [1.54, 1.807) is 21.0 Å². The van der Waals surface area contributed by atoms with Gasteiger partial charge in [0.25, 0.3) is 0 Å². The molecule has 0 radical (unpaired) electrons. The van der Waals surface area contributed by atoms with Crippen molar-refractivity contribution in [2.45, 2.75) is 99.0 Å². The second-order valence-corrected chi connectivity index (χ2v) is 15.1. The van der Waals surface area contributed by atoms with Crippen molar-refractivity contribution in [1.82, 2.24) is 4.98 Å². The number of hydrogen-bond donors (Lipinski definition) is 1. The lowest BCUT2D eigenvalue weighted by Gasteiger charge is -2.43. The molecule has 0 amide bonds. The van der Waals surface area contributed by atoms with Gasteiger partial charge in [-0.25, -0.2) is 9.78 Å². The minimum absolute atomic E-state index is 0.0134. The minimum atomic E-state index is -0.677. The first-order valence-corrected chi connectivity index (χ1v) is 15.8. The summed E-state index contributed by atoms with van der Waals surface area (Å²) in [4.78, 5) is 45.9. The molecule has 45 heavy (non-hydrogen) atoms. The van der Waals surface area contributed by atoms with Crippen molar-refractivity contribution < 1.29 is 28.6 Å². The molecule has 3 aliphatic rings. The molecule has 8 nitrogen and oxygen atoms in total. The largest absolute Gasteiger partial charge is 0.496 e. The van der Waals surface area contributed by atoms with Gasteiger partial charge in [-0.15, -0.1) is 0 Å². The number of esters is 1. The highest BCUT2D eigenvalue weighted by molar-refractivity contribution is 6.06. The Morgan fingerprint density at radius 1 is 0.978 bits per heavy atom. The molecule has 2 heterocycles. The molecule has 0 fully saturated rings. The molecule has 0 unspecified atom stereocenters. The van der Waals surface area contributed by atoms with Crippen LogP contribution in [0.25, 0.3) is 11.3 Å². The number of hydrogen-bond acceptors (Lipinski definition) is 8. The van der Waals surface area contributed by atoms with E-state index >= 15 is 0 Å². The second kappa shape index (κ2) is 11.5. The van der Waals surface area contributed by atoms with Crippen LogP contribution in [0.15, 0.2) is 46.9 Å². The predicted molar refractivity (Wildman–Crippen MR) is 173 cm³/mol. The molecular weight excluding hydrogens is 568 g/mol. The number of aryl methyl sites for hydroxylation is 1. The predicted octanol–water partition coefficient (Wildman–Crippen LogP) is 6.92. The van der Waals surface area contributed by atoms with E-state index in [4.69, 9.17) is 24.9 Å². The van der Waals surface area contributed by atoms with Crippen LogP contribution in [0.3, 0.4) is 0 Å². The lowest BCUT2D eigenvalue weighted by molar-refractivity contribution is -0.120. The van der Waals surface area contributed by atoms with Gasteiger partial charge in [-0.2, -0.15) is 0 Å². The van der Waals surface area contributed by atoms with Crippen LogP contribution >= 0.6 is 0 Å². The third-order valence-electron chi connectivity index (χ3n) is 8.97. The van der Waals surface area contributed by atoms with Gasteiger partial charge < -0.3 is 19.9 Å². The van der Waals surface area contributed by atoms with Crippen LogP contribution in [0.4, 0.5) is 0 Å². The Morgan fingerprint density at radius 2 is 1.56 bits per heavy atom. The monoisotopic (exact) mass is 614 g/mol. The lowest BCUT2D eigenvalue weighted by atomic mass is 9.65. The summed E-state index contributed by atoms with van der Waals surface area (Å²) in [5.74, 6) is 0.690. The fraction of sp³-hybridized carbons (Fsp3) is 0.514. The van der Waals surface area contributed by atoms with Crippen molar-refractivity contribution >= 4 is 17.5 Å². The zero-order chi connectivity index (χ0) is 33.1. The van der Waals surface area contributed by atoms with E-state index in [0.717, 1.165) is 22.3 Å². The summed E-state index contributed by atoms with van der Waals surface area (Å²) >= 11 is 0. The summed E-state index contributed by atoms with van der Waals surface area (Å²) in [5, 5.41) is 0. The Morgan fingerprint density at radius 3 is 2.07 bits per heavy atom. The normalized spacial score (nSPS) is 19.6. The summed E-state index contributed by atoms with van der Waals surface area (Å²) in [5.41, 5.74) is 9.86. The van der Waals surface area contributed by atoms with Crippen molar-refractivity contribution in [1.29, 1.82) is 0 Å². The smallest absolute Gasteiger partial charge is 0.357 e. The number of nitrogens with two attached hydrogens (primary N) is 1. The summed E-state index contributed by atoms with van der Waals surface area (Å²) in [6, 6.07) is 7.55. The van der Waals surface area contributed by atoms with Crippen molar-refractivity contribution in [3.05, 3.63) is 69.3 Å². The van der Waals surface area contributed by atoms with E-state index in [1.807, 2.05) is 38.1 Å². The number of Topliss-reactive ketones (excluding diaryl/α,β-unsaturated/α-hetero) is 2. The van der Waals surface area contributed by atoms with E-state index in [9.17, 15) is 14.4 Å². The van der Waals surface area contributed by atoms with Gasteiger partial charge in [-0.1, -0.05) is 40.7 Å². The fourth-order valence-corrected chi connectivity index (χ4v) is 6.90. The number of rotatable bonds is 7. The maximum absolute atomic E-state index is 13.9. The number of methoxy groups -OCH3 is 1. The molecule has 2 aliphatic carbocycles. The first kappa shape index (κ1) is 32.6. The van der Waals surface area contributed by atoms with E-state index in [1.165, 1.54) is 0 Å². The van der Waals surface area contributed by atoms with E-state index in [2.05, 4.69) is 27.7 Å². The quantitative estimate of drug-likeness (QED) is 0.334. The van der Waals surface area contributed by atoms with Crippen molar-refractivity contribution in [2.75, 3.05) is 13.7 Å². The SMILES string of the molecule is CCc1ccc(-c2ccc(OC)c(C3C4=C(CC(C)(C)CC4=O)OC4=C3C(=O)CC(C)(C)C4)c2C)nc1C(=O)OCC(C)(C)N. The molecule has 8 heteroatoms. The maximum Gasteiger partial charge on any atom is 0.357 e. The number of nitrogens with zero attached hydrogens (tertiary/aromatic N) is 1. The molecule has 240 valence electrons. The van der Waals surface area contributed by atoms with Gasteiger partial charge in [-0.3, -0.25) is 9.59 Å². The fourth-order valence-electron chi connectivity index (χ4n) is 6.90. The molecule has 1 aromatic heterocycles. The number of benzene rings is 1. The number of carbonyl (C=O) groups excluding carboxylic acids is 3. The maximum atomic E-state index is 13.9. The first-order valence-electron chi connectivity index (χ1n) is 15.8. The highest BCUT2D eigenvalue weighted by atomic mass is 16.5. The van der Waals surface area contributed by atoms with Gasteiger partial charge in [-0.05, 0) is 67.3 Å². The Hall–Kier alpha value is -3.78. The third kappa shape index (κ3) is 6.35. The molecule has 0 bridgehead atoms. The zero-order valence-electron chi connectivity index (χ0n) is 28.1. The van der Waals surface area contributed by atoms with Crippen molar-refractivity contribution in [3.8, 4) is 17.0 Å². The molecule has 0 saturated carbocycles. The first-order chi connectivity index (χ1) is 20.9. The molecule has 0 atom stereocenters. The number of aromatic nitrogens is 1. The summed E-state index contributed by atoms with van der Waals surface area (Å²) in [6.45, 7) is 15.9. The molecular formula is C37H46N2O6. The van der Waals surface area contributed by atoms with Crippen molar-refractivity contribution in [3.63, 3.8) is 0 Å². The molecule has 1 aliphatic heterocycles. The Balaban J connectivity index is 1.71. The number of carbonyl (C=O) groups is 3. The molecule has 2 N–H and O–H groups in total. The summed E-state index contributed by atoms with van der Waals surface area (Å²) < 4.78 is 18.0. The summed E-state index contributed by atoms with van der Waals surface area (Å²) in [7, 11) is 1.60. The lowest BCUT2D eigenvalue weighted by Crippen LogP contribution is -2.38. The molecule has 5 rings (SSSR count). The molecule has 0 saturated heterocycles. The Bertz CT molecular complexity index is 1600. The van der Waals surface area contributed by atoms with Gasteiger partial charge in [0.2, 0.25) is 0 Å². The highest BCUT2D eigenvalue weighted by Gasteiger charge is 2.49. The van der Waals surface area contributed by atoms with Gasteiger partial charge in [0.1, 0.15) is 23.9 Å². The van der Waals surface area contributed by atoms with Gasteiger partial charge in [0.05, 0.1) is 18.7 Å². The average molecular weight is 615 g/mol. The highest BCUT2D eigenvalue weighted by Crippen LogP contribution is 2.55. The van der Waals surface area contributed by atoms with Crippen LogP contribution in [0.1, 0.15) is 107 Å². The molecule has 2 aromatic rings. The van der Waals surface area contributed by atoms with Gasteiger partial charge >= 0.3 is 5.97 Å². The Kier molecular flexibility index (Phi) is 8.36. The van der Waals surface area contributed by atoms with E-state index in [0.29, 0.717) is 66.2 Å². The van der Waals surface area contributed by atoms with Crippen LogP contribution in [0.5, 0.6) is 5.75 Å². The van der Waals surface area contributed by atoms with E-state index in [-0.39, 0.29) is 34.7 Å². The third-order valence-corrected chi connectivity index (χ3v) is 8.97. The molecule has 0 spiro atoms. The van der Waals surface area contributed by atoms with Crippen molar-refractivity contribution in [2.24, 2.45) is 16.6 Å². The number of pyridine rings is 1. The topological polar surface area (TPSA) is 118 Å². The minimum Gasteiger partial charge on any atom is -0.496 e. The Labute approximate surface area is 266 Å². The second-order valence-electron chi connectivity index (χ2n) is 15.1. The average Bonchev–Trinajstić information content (AvgIpc) is 2.92. The van der Waals surface area contributed by atoms with Crippen LogP contribution < -0.4 is 10.5 Å². The number of ketones is 2. The van der Waals surface area contributed by atoms with Gasteiger partial charge in [0, 0.05) is 53.5 Å². The summed E-state index contributed by atoms with van der Waals surface area (Å²) in [6.07, 6.45) is 2.52. The van der Waals surface area contributed by atoms with Crippen LogP contribution in [-0.2, 0) is 25.5 Å².